The van der Waals surface area contributed by atoms with Gasteiger partial charge in [-0.15, -0.1) is 0 Å². The molecule has 0 radical (unpaired) electrons. The molecule has 25 heavy (non-hydrogen) atoms. The minimum absolute atomic E-state index is 0.00212. The van der Waals surface area contributed by atoms with Gasteiger partial charge in [-0.25, -0.2) is 0 Å². The molecular weight excluding hydrogens is 350 g/mol. The van der Waals surface area contributed by atoms with E-state index in [4.69, 9.17) is 16.3 Å². The van der Waals surface area contributed by atoms with Crippen LogP contribution >= 0.6 is 11.6 Å². The second-order valence-corrected chi connectivity index (χ2v) is 8.34. The maximum Gasteiger partial charge on any atom is 0.387 e. The average Bonchev–Trinajstić information content (AvgIpc) is 2.53. The van der Waals surface area contributed by atoms with Crippen molar-refractivity contribution >= 4 is 17.6 Å². The number of rotatable bonds is 5. The van der Waals surface area contributed by atoms with Gasteiger partial charge in [0.2, 0.25) is 0 Å². The van der Waals surface area contributed by atoms with E-state index in [1.54, 1.807) is 0 Å². The molecule has 5 rings (SSSR count). The molecule has 0 heterocycles. The summed E-state index contributed by atoms with van der Waals surface area (Å²) >= 11 is 5.94. The predicted molar refractivity (Wildman–Crippen MR) is 88.5 cm³/mol. The lowest BCUT2D eigenvalue weighted by atomic mass is 9.49. The lowest BCUT2D eigenvalue weighted by Crippen LogP contribution is -2.50. The van der Waals surface area contributed by atoms with Crippen molar-refractivity contribution in [1.29, 1.82) is 0 Å². The molecule has 0 aromatic heterocycles. The van der Waals surface area contributed by atoms with Crippen molar-refractivity contribution in [2.75, 3.05) is 0 Å². The van der Waals surface area contributed by atoms with Crippen LogP contribution < -0.4 is 4.74 Å². The minimum Gasteiger partial charge on any atom is -0.460 e. The number of halogens is 3. The van der Waals surface area contributed by atoms with Crippen molar-refractivity contribution in [2.24, 2.45) is 23.2 Å². The maximum absolute atomic E-state index is 12.8. The van der Waals surface area contributed by atoms with Gasteiger partial charge in [0.15, 0.2) is 0 Å². The van der Waals surface area contributed by atoms with Crippen LogP contribution in [-0.4, -0.2) is 12.6 Å². The van der Waals surface area contributed by atoms with E-state index in [1.165, 1.54) is 37.5 Å². The van der Waals surface area contributed by atoms with Gasteiger partial charge in [0.25, 0.3) is 0 Å². The zero-order valence-electron chi connectivity index (χ0n) is 13.8. The molecule has 0 saturated heterocycles. The molecule has 1 aromatic carbocycles. The summed E-state index contributed by atoms with van der Waals surface area (Å²) < 4.78 is 35.2. The average molecular weight is 371 g/mol. The SMILES string of the molecule is O=C(OCc1cc(Cl)ccc1OC(F)F)C12CC3CC(CC(C3)C1)C2. The number of ether oxygens (including phenoxy) is 2. The van der Waals surface area contributed by atoms with Crippen LogP contribution in [0.25, 0.3) is 0 Å². The van der Waals surface area contributed by atoms with Gasteiger partial charge >= 0.3 is 12.6 Å². The van der Waals surface area contributed by atoms with Crippen molar-refractivity contribution in [3.63, 3.8) is 0 Å². The third kappa shape index (κ3) is 3.35. The Kier molecular flexibility index (Phi) is 4.38. The Morgan fingerprint density at radius 1 is 1.16 bits per heavy atom. The Bertz CT molecular complexity index is 641. The monoisotopic (exact) mass is 370 g/mol. The first kappa shape index (κ1) is 17.1. The number of hydrogen-bond donors (Lipinski definition) is 0. The molecule has 0 unspecified atom stereocenters. The van der Waals surface area contributed by atoms with E-state index in [9.17, 15) is 13.6 Å². The van der Waals surface area contributed by atoms with Gasteiger partial charge in [0.05, 0.1) is 5.41 Å². The van der Waals surface area contributed by atoms with E-state index in [-0.39, 0.29) is 23.7 Å². The van der Waals surface area contributed by atoms with Crippen LogP contribution in [0.5, 0.6) is 5.75 Å². The fourth-order valence-electron chi connectivity index (χ4n) is 5.53. The number of alkyl halides is 2. The Morgan fingerprint density at radius 3 is 2.32 bits per heavy atom. The number of esters is 1. The molecular formula is C19H21ClF2O3. The molecule has 1 aromatic rings. The molecule has 0 aliphatic heterocycles. The zero-order chi connectivity index (χ0) is 17.6. The van der Waals surface area contributed by atoms with Crippen molar-refractivity contribution in [3.05, 3.63) is 28.8 Å². The van der Waals surface area contributed by atoms with Crippen molar-refractivity contribution in [1.82, 2.24) is 0 Å². The van der Waals surface area contributed by atoms with Gasteiger partial charge in [-0.3, -0.25) is 4.79 Å². The highest BCUT2D eigenvalue weighted by atomic mass is 35.5. The second kappa shape index (κ2) is 6.42. The third-order valence-corrected chi connectivity index (χ3v) is 6.30. The Morgan fingerprint density at radius 2 is 1.76 bits per heavy atom. The first-order chi connectivity index (χ1) is 11.9. The first-order valence-electron chi connectivity index (χ1n) is 8.84. The van der Waals surface area contributed by atoms with Crippen LogP contribution in [0.4, 0.5) is 8.78 Å². The van der Waals surface area contributed by atoms with Gasteiger partial charge in [-0.05, 0) is 74.5 Å². The molecule has 4 bridgehead atoms. The van der Waals surface area contributed by atoms with E-state index in [2.05, 4.69) is 4.74 Å². The minimum atomic E-state index is -2.93. The fourth-order valence-corrected chi connectivity index (χ4v) is 5.72. The standard InChI is InChI=1S/C19H21ClF2O3/c20-15-1-2-16(25-18(21)22)14(6-15)10-24-17(23)19-7-11-3-12(8-19)5-13(4-11)9-19/h1-2,6,11-13,18H,3-5,7-10H2. The van der Waals surface area contributed by atoms with E-state index in [0.29, 0.717) is 28.3 Å². The van der Waals surface area contributed by atoms with Crippen molar-refractivity contribution < 1.29 is 23.0 Å². The van der Waals surface area contributed by atoms with Gasteiger partial charge in [0.1, 0.15) is 12.4 Å². The van der Waals surface area contributed by atoms with Crippen molar-refractivity contribution in [2.45, 2.75) is 51.7 Å². The highest BCUT2D eigenvalue weighted by molar-refractivity contribution is 6.30. The number of benzene rings is 1. The van der Waals surface area contributed by atoms with Crippen LogP contribution in [0, 0.1) is 23.2 Å². The molecule has 0 amide bonds. The summed E-state index contributed by atoms with van der Waals surface area (Å²) in [6.45, 7) is -3.03. The Hall–Kier alpha value is -1.36. The largest absolute Gasteiger partial charge is 0.460 e. The van der Waals surface area contributed by atoms with Crippen LogP contribution in [0.2, 0.25) is 5.02 Å². The smallest absolute Gasteiger partial charge is 0.387 e. The summed E-state index contributed by atoms with van der Waals surface area (Å²) in [5.41, 5.74) is 0.00253. The number of carbonyl (C=O) groups excluding carboxylic acids is 1. The molecule has 6 heteroatoms. The highest BCUT2D eigenvalue weighted by Crippen LogP contribution is 2.60. The predicted octanol–water partition coefficient (Wildman–Crippen LogP) is 5.20. The molecule has 4 aliphatic carbocycles. The summed E-state index contributed by atoms with van der Waals surface area (Å²) in [4.78, 5) is 12.8. The summed E-state index contributed by atoms with van der Waals surface area (Å²) in [5, 5.41) is 0.391. The topological polar surface area (TPSA) is 35.5 Å². The van der Waals surface area contributed by atoms with Gasteiger partial charge in [0, 0.05) is 10.6 Å². The summed E-state index contributed by atoms with van der Waals surface area (Å²) in [5.74, 6) is 1.74. The van der Waals surface area contributed by atoms with Crippen LogP contribution in [0.1, 0.15) is 44.1 Å². The van der Waals surface area contributed by atoms with Gasteiger partial charge in [-0.1, -0.05) is 11.6 Å². The Balaban J connectivity index is 1.47. The summed E-state index contributed by atoms with van der Waals surface area (Å²) in [6.07, 6.45) is 6.46. The highest BCUT2D eigenvalue weighted by Gasteiger charge is 2.55. The Labute approximate surface area is 150 Å². The third-order valence-electron chi connectivity index (χ3n) is 6.07. The fraction of sp³-hybridized carbons (Fsp3) is 0.632. The lowest BCUT2D eigenvalue weighted by Gasteiger charge is -2.55. The van der Waals surface area contributed by atoms with Crippen LogP contribution in [-0.2, 0) is 16.1 Å². The molecule has 0 N–H and O–H groups in total. The molecule has 0 spiro atoms. The van der Waals surface area contributed by atoms with E-state index in [1.807, 2.05) is 0 Å². The molecule has 4 saturated carbocycles. The number of carbonyl (C=O) groups is 1. The second-order valence-electron chi connectivity index (χ2n) is 7.90. The van der Waals surface area contributed by atoms with E-state index < -0.39 is 6.61 Å². The maximum atomic E-state index is 12.8. The molecule has 3 nitrogen and oxygen atoms in total. The van der Waals surface area contributed by atoms with Crippen LogP contribution in [0.3, 0.4) is 0 Å². The molecule has 4 aliphatic rings. The molecule has 4 fully saturated rings. The normalized spacial score (nSPS) is 32.9. The van der Waals surface area contributed by atoms with Gasteiger partial charge in [-0.2, -0.15) is 8.78 Å². The quantitative estimate of drug-likeness (QED) is 0.668. The van der Waals surface area contributed by atoms with Crippen molar-refractivity contribution in [3.8, 4) is 5.75 Å². The van der Waals surface area contributed by atoms with Crippen LogP contribution in [0.15, 0.2) is 18.2 Å². The zero-order valence-corrected chi connectivity index (χ0v) is 14.6. The molecule has 0 atom stereocenters. The van der Waals surface area contributed by atoms with E-state index in [0.717, 1.165) is 19.3 Å². The molecule has 136 valence electrons. The lowest BCUT2D eigenvalue weighted by molar-refractivity contribution is -0.173. The number of hydrogen-bond acceptors (Lipinski definition) is 3. The first-order valence-corrected chi connectivity index (χ1v) is 9.22. The summed E-state index contributed by atoms with van der Waals surface area (Å²) in [6, 6.07) is 4.36. The summed E-state index contributed by atoms with van der Waals surface area (Å²) in [7, 11) is 0. The van der Waals surface area contributed by atoms with Gasteiger partial charge < -0.3 is 9.47 Å². The van der Waals surface area contributed by atoms with E-state index >= 15 is 0 Å².